The van der Waals surface area contributed by atoms with Crippen LogP contribution in [0.1, 0.15) is 30.1 Å². The molecule has 182 valence electrons. The molecule has 1 aliphatic carbocycles. The molecule has 2 aromatic carbocycles. The van der Waals surface area contributed by atoms with Crippen molar-refractivity contribution < 1.29 is 23.7 Å². The summed E-state index contributed by atoms with van der Waals surface area (Å²) in [6, 6.07) is 16.2. The van der Waals surface area contributed by atoms with E-state index >= 15 is 0 Å². The van der Waals surface area contributed by atoms with Gasteiger partial charge >= 0.3 is 6.09 Å². The fourth-order valence-corrected chi connectivity index (χ4v) is 3.65. The molecule has 0 saturated carbocycles. The second-order valence-corrected chi connectivity index (χ2v) is 7.69. The lowest BCUT2D eigenvalue weighted by Gasteiger charge is -2.21. The number of nitrogens with zero attached hydrogens (tertiary/aromatic N) is 1. The molecular weight excluding hydrogens is 444 g/mol. The molecular formula is C25H35ClN2O5. The zero-order chi connectivity index (χ0) is 22.6. The Hall–Kier alpha value is -2.16. The minimum Gasteiger partial charge on any atom is -0.436 e. The standard InChI is InChI=1S/C25H34N2O5.ClH/c1-27(13-7-15-30-17-19-31-18-16-29-14-6-12-26)25(28)32-24-22-10-4-2-8-20(22)21-9-3-5-11-23(21)24;/h2-5,8-11,24H,6-7,12-19,26H2,1H3;1H. The number of benzene rings is 2. The lowest BCUT2D eigenvalue weighted by molar-refractivity contribution is 0.0129. The second kappa shape index (κ2) is 14.9. The molecule has 0 atom stereocenters. The lowest BCUT2D eigenvalue weighted by Crippen LogP contribution is -2.30. The van der Waals surface area contributed by atoms with Gasteiger partial charge in [0.2, 0.25) is 0 Å². The van der Waals surface area contributed by atoms with Crippen LogP contribution in [0.15, 0.2) is 48.5 Å². The van der Waals surface area contributed by atoms with E-state index in [-0.39, 0.29) is 24.6 Å². The third-order valence-electron chi connectivity index (χ3n) is 5.33. The summed E-state index contributed by atoms with van der Waals surface area (Å²) < 4.78 is 22.3. The van der Waals surface area contributed by atoms with Gasteiger partial charge in [-0.2, -0.15) is 0 Å². The summed E-state index contributed by atoms with van der Waals surface area (Å²) in [4.78, 5) is 14.3. The molecule has 0 bridgehead atoms. The van der Waals surface area contributed by atoms with Crippen molar-refractivity contribution >= 4 is 18.5 Å². The predicted molar refractivity (Wildman–Crippen MR) is 131 cm³/mol. The Balaban J connectivity index is 0.00000385. The summed E-state index contributed by atoms with van der Waals surface area (Å²) in [5.74, 6) is 0. The molecule has 0 fully saturated rings. The molecule has 0 saturated heterocycles. The lowest BCUT2D eigenvalue weighted by atomic mass is 10.1. The largest absolute Gasteiger partial charge is 0.436 e. The first-order chi connectivity index (χ1) is 15.7. The van der Waals surface area contributed by atoms with Gasteiger partial charge in [0.15, 0.2) is 6.10 Å². The van der Waals surface area contributed by atoms with Crippen LogP contribution in [-0.2, 0) is 18.9 Å². The van der Waals surface area contributed by atoms with Crippen LogP contribution >= 0.6 is 12.4 Å². The van der Waals surface area contributed by atoms with E-state index in [2.05, 4.69) is 12.1 Å². The number of fused-ring (bicyclic) bond motifs is 3. The Kier molecular flexibility index (Phi) is 12.2. The van der Waals surface area contributed by atoms with E-state index in [1.807, 2.05) is 36.4 Å². The van der Waals surface area contributed by atoms with Crippen LogP contribution in [0.5, 0.6) is 0 Å². The normalized spacial score (nSPS) is 12.1. The highest BCUT2D eigenvalue weighted by atomic mass is 35.5. The highest BCUT2D eigenvalue weighted by molar-refractivity contribution is 5.85. The van der Waals surface area contributed by atoms with Crippen molar-refractivity contribution in [2.24, 2.45) is 5.73 Å². The van der Waals surface area contributed by atoms with Crippen molar-refractivity contribution in [2.75, 3.05) is 59.8 Å². The molecule has 2 N–H and O–H groups in total. The number of carbonyl (C=O) groups excluding carboxylic acids is 1. The molecule has 0 unspecified atom stereocenters. The van der Waals surface area contributed by atoms with Gasteiger partial charge in [0.25, 0.3) is 0 Å². The fraction of sp³-hybridized carbons (Fsp3) is 0.480. The molecule has 7 nitrogen and oxygen atoms in total. The first-order valence-corrected chi connectivity index (χ1v) is 11.3. The summed E-state index contributed by atoms with van der Waals surface area (Å²) in [6.07, 6.45) is 0.891. The van der Waals surface area contributed by atoms with Gasteiger partial charge < -0.3 is 29.6 Å². The highest BCUT2D eigenvalue weighted by Crippen LogP contribution is 2.45. The molecule has 33 heavy (non-hydrogen) atoms. The predicted octanol–water partition coefficient (Wildman–Crippen LogP) is 4.04. The van der Waals surface area contributed by atoms with Crippen LogP contribution in [0.25, 0.3) is 11.1 Å². The molecule has 1 aliphatic rings. The van der Waals surface area contributed by atoms with Crippen molar-refractivity contribution in [1.82, 2.24) is 4.90 Å². The average Bonchev–Trinajstić information content (AvgIpc) is 3.13. The Labute approximate surface area is 202 Å². The maximum Gasteiger partial charge on any atom is 0.410 e. The summed E-state index contributed by atoms with van der Waals surface area (Å²) in [5.41, 5.74) is 9.71. The van der Waals surface area contributed by atoms with Crippen LogP contribution in [0.4, 0.5) is 4.79 Å². The van der Waals surface area contributed by atoms with E-state index in [0.717, 1.165) is 35.1 Å². The number of nitrogens with two attached hydrogens (primary N) is 1. The molecule has 8 heteroatoms. The molecule has 0 aromatic heterocycles. The third-order valence-corrected chi connectivity index (χ3v) is 5.33. The van der Waals surface area contributed by atoms with E-state index in [1.165, 1.54) is 0 Å². The molecule has 0 heterocycles. The summed E-state index contributed by atoms with van der Waals surface area (Å²) >= 11 is 0. The van der Waals surface area contributed by atoms with Crippen molar-refractivity contribution in [2.45, 2.75) is 18.9 Å². The summed E-state index contributed by atoms with van der Waals surface area (Å²) in [5, 5.41) is 0. The first kappa shape index (κ1) is 27.1. The number of amides is 1. The van der Waals surface area contributed by atoms with Gasteiger partial charge in [0.05, 0.1) is 26.4 Å². The van der Waals surface area contributed by atoms with Crippen LogP contribution in [0, 0.1) is 0 Å². The second-order valence-electron chi connectivity index (χ2n) is 7.69. The van der Waals surface area contributed by atoms with Crippen LogP contribution < -0.4 is 5.73 Å². The number of ether oxygens (including phenoxy) is 4. The van der Waals surface area contributed by atoms with Crippen molar-refractivity contribution in [3.8, 4) is 11.1 Å². The number of hydrogen-bond donors (Lipinski definition) is 1. The third kappa shape index (κ3) is 7.98. The SMILES string of the molecule is CN(CCCOCCOCCOCCCN)C(=O)OC1c2ccccc2-c2ccccc21.Cl. The van der Waals surface area contributed by atoms with Gasteiger partial charge in [-0.3, -0.25) is 0 Å². The minimum atomic E-state index is -0.370. The number of hydrogen-bond acceptors (Lipinski definition) is 6. The summed E-state index contributed by atoms with van der Waals surface area (Å²) in [6.45, 7) is 4.61. The summed E-state index contributed by atoms with van der Waals surface area (Å²) in [7, 11) is 1.75. The van der Waals surface area contributed by atoms with Gasteiger partial charge in [-0.1, -0.05) is 48.5 Å². The topological polar surface area (TPSA) is 83.3 Å². The van der Waals surface area contributed by atoms with Gasteiger partial charge in [-0.05, 0) is 30.5 Å². The zero-order valence-electron chi connectivity index (χ0n) is 19.2. The Morgan fingerprint density at radius 2 is 1.30 bits per heavy atom. The molecule has 0 spiro atoms. The molecule has 1 amide bonds. The van der Waals surface area contributed by atoms with Crippen molar-refractivity contribution in [1.29, 1.82) is 0 Å². The number of halogens is 1. The molecule has 2 aromatic rings. The van der Waals surface area contributed by atoms with Gasteiger partial charge in [0.1, 0.15) is 0 Å². The quantitative estimate of drug-likeness (QED) is 0.413. The Morgan fingerprint density at radius 3 is 1.85 bits per heavy atom. The van der Waals surface area contributed by atoms with E-state index in [1.54, 1.807) is 11.9 Å². The van der Waals surface area contributed by atoms with E-state index in [4.69, 9.17) is 24.7 Å². The average molecular weight is 479 g/mol. The van der Waals surface area contributed by atoms with Crippen LogP contribution in [-0.4, -0.2) is 70.8 Å². The smallest absolute Gasteiger partial charge is 0.410 e. The van der Waals surface area contributed by atoms with Crippen LogP contribution in [0.2, 0.25) is 0 Å². The monoisotopic (exact) mass is 478 g/mol. The zero-order valence-corrected chi connectivity index (χ0v) is 20.1. The first-order valence-electron chi connectivity index (χ1n) is 11.3. The Morgan fingerprint density at radius 1 is 0.818 bits per heavy atom. The van der Waals surface area contributed by atoms with E-state index in [0.29, 0.717) is 52.7 Å². The van der Waals surface area contributed by atoms with Crippen LogP contribution in [0.3, 0.4) is 0 Å². The number of carbonyl (C=O) groups is 1. The van der Waals surface area contributed by atoms with Crippen molar-refractivity contribution in [3.05, 3.63) is 59.7 Å². The molecule has 0 radical (unpaired) electrons. The van der Waals surface area contributed by atoms with E-state index in [9.17, 15) is 4.79 Å². The maximum atomic E-state index is 12.7. The van der Waals surface area contributed by atoms with Crippen molar-refractivity contribution in [3.63, 3.8) is 0 Å². The van der Waals surface area contributed by atoms with Gasteiger partial charge in [-0.15, -0.1) is 12.4 Å². The van der Waals surface area contributed by atoms with Gasteiger partial charge in [-0.25, -0.2) is 4.79 Å². The van der Waals surface area contributed by atoms with E-state index < -0.39 is 0 Å². The maximum absolute atomic E-state index is 12.7. The molecule has 3 rings (SSSR count). The fourth-order valence-electron chi connectivity index (χ4n) is 3.65. The highest BCUT2D eigenvalue weighted by Gasteiger charge is 2.31. The Bertz CT molecular complexity index is 806. The molecule has 0 aliphatic heterocycles. The number of rotatable bonds is 14. The minimum absolute atomic E-state index is 0. The van der Waals surface area contributed by atoms with Gasteiger partial charge in [0, 0.05) is 37.9 Å².